The molecule has 0 spiro atoms. The maximum absolute atomic E-state index is 5.30. The first-order valence-corrected chi connectivity index (χ1v) is 6.39. The van der Waals surface area contributed by atoms with Crippen molar-refractivity contribution in [3.63, 3.8) is 0 Å². The summed E-state index contributed by atoms with van der Waals surface area (Å²) >= 11 is 0. The third-order valence-corrected chi connectivity index (χ3v) is 3.07. The van der Waals surface area contributed by atoms with E-state index in [-0.39, 0.29) is 6.04 Å². The molecule has 0 fully saturated rings. The number of nitrogens with zero attached hydrogens (tertiary/aromatic N) is 2. The van der Waals surface area contributed by atoms with Crippen LogP contribution < -0.4 is 10.1 Å². The Bertz CT molecular complexity index is 528. The minimum Gasteiger partial charge on any atom is -0.496 e. The van der Waals surface area contributed by atoms with Crippen LogP contribution in [0.15, 0.2) is 36.9 Å². The van der Waals surface area contributed by atoms with Gasteiger partial charge in [-0.2, -0.15) is 0 Å². The fourth-order valence-corrected chi connectivity index (χ4v) is 2.17. The van der Waals surface area contributed by atoms with E-state index in [0.717, 1.165) is 23.4 Å². The highest BCUT2D eigenvalue weighted by molar-refractivity contribution is 5.40. The van der Waals surface area contributed by atoms with Crippen LogP contribution in [-0.4, -0.2) is 23.6 Å². The summed E-state index contributed by atoms with van der Waals surface area (Å²) in [6.45, 7) is 5.02. The Hall–Kier alpha value is -1.94. The first kappa shape index (κ1) is 13.5. The van der Waals surface area contributed by atoms with Gasteiger partial charge in [0.2, 0.25) is 0 Å². The number of rotatable bonds is 5. The Morgan fingerprint density at radius 2 is 1.95 bits per heavy atom. The van der Waals surface area contributed by atoms with Crippen LogP contribution in [0.1, 0.15) is 29.7 Å². The highest BCUT2D eigenvalue weighted by Gasteiger charge is 2.14. The Labute approximate surface area is 113 Å². The maximum Gasteiger partial charge on any atom is 0.121 e. The monoisotopic (exact) mass is 257 g/mol. The standard InChI is InChI=1S/C15H19N3O/c1-4-18-15(13-8-16-10-17-9-13)12-5-6-14(19-3)11(2)7-12/h5-10,15,18H,4H2,1-3H3. The summed E-state index contributed by atoms with van der Waals surface area (Å²) < 4.78 is 5.30. The molecule has 0 bridgehead atoms. The van der Waals surface area contributed by atoms with Gasteiger partial charge in [-0.05, 0) is 30.7 Å². The van der Waals surface area contributed by atoms with Crippen molar-refractivity contribution >= 4 is 0 Å². The molecule has 0 aliphatic rings. The summed E-state index contributed by atoms with van der Waals surface area (Å²) in [7, 11) is 1.69. The minimum absolute atomic E-state index is 0.107. The Kier molecular flexibility index (Phi) is 4.47. The van der Waals surface area contributed by atoms with Gasteiger partial charge in [-0.15, -0.1) is 0 Å². The van der Waals surface area contributed by atoms with Crippen LogP contribution in [0.4, 0.5) is 0 Å². The van der Waals surface area contributed by atoms with E-state index < -0.39 is 0 Å². The zero-order chi connectivity index (χ0) is 13.7. The first-order valence-electron chi connectivity index (χ1n) is 6.39. The van der Waals surface area contributed by atoms with Gasteiger partial charge < -0.3 is 10.1 Å². The lowest BCUT2D eigenvalue weighted by Crippen LogP contribution is -2.22. The van der Waals surface area contributed by atoms with Crippen LogP contribution in [0.3, 0.4) is 0 Å². The average Bonchev–Trinajstić information content (AvgIpc) is 2.45. The molecular weight excluding hydrogens is 238 g/mol. The average molecular weight is 257 g/mol. The zero-order valence-corrected chi connectivity index (χ0v) is 11.6. The number of aromatic nitrogens is 2. The van der Waals surface area contributed by atoms with Crippen molar-refractivity contribution in [1.82, 2.24) is 15.3 Å². The molecule has 0 radical (unpaired) electrons. The molecule has 2 rings (SSSR count). The molecule has 1 aromatic carbocycles. The molecule has 1 unspecified atom stereocenters. The molecular formula is C15H19N3O. The van der Waals surface area contributed by atoms with Gasteiger partial charge in [-0.1, -0.05) is 19.1 Å². The lowest BCUT2D eigenvalue weighted by molar-refractivity contribution is 0.411. The molecule has 0 amide bonds. The summed E-state index contributed by atoms with van der Waals surface area (Å²) in [5, 5.41) is 3.46. The number of methoxy groups -OCH3 is 1. The molecule has 1 aromatic heterocycles. The first-order chi connectivity index (χ1) is 9.26. The van der Waals surface area contributed by atoms with Crippen molar-refractivity contribution in [3.05, 3.63) is 53.6 Å². The summed E-state index contributed by atoms with van der Waals surface area (Å²) in [5.74, 6) is 0.906. The van der Waals surface area contributed by atoms with Crippen molar-refractivity contribution in [2.45, 2.75) is 19.9 Å². The molecule has 4 nitrogen and oxygen atoms in total. The largest absolute Gasteiger partial charge is 0.496 e. The number of nitrogens with one attached hydrogen (secondary N) is 1. The van der Waals surface area contributed by atoms with Gasteiger partial charge in [0, 0.05) is 18.0 Å². The molecule has 0 aliphatic carbocycles. The normalized spacial score (nSPS) is 12.2. The van der Waals surface area contributed by atoms with E-state index in [1.54, 1.807) is 13.4 Å². The highest BCUT2D eigenvalue weighted by Crippen LogP contribution is 2.26. The van der Waals surface area contributed by atoms with E-state index in [0.29, 0.717) is 0 Å². The van der Waals surface area contributed by atoms with Crippen LogP contribution in [-0.2, 0) is 0 Å². The highest BCUT2D eigenvalue weighted by atomic mass is 16.5. The summed E-state index contributed by atoms with van der Waals surface area (Å²) in [6.07, 6.45) is 5.24. The maximum atomic E-state index is 5.30. The van der Waals surface area contributed by atoms with Crippen molar-refractivity contribution in [2.24, 2.45) is 0 Å². The van der Waals surface area contributed by atoms with E-state index >= 15 is 0 Å². The van der Waals surface area contributed by atoms with Gasteiger partial charge in [0.15, 0.2) is 0 Å². The van der Waals surface area contributed by atoms with Gasteiger partial charge in [0.1, 0.15) is 12.1 Å². The van der Waals surface area contributed by atoms with E-state index in [2.05, 4.69) is 34.3 Å². The third kappa shape index (κ3) is 3.09. The van der Waals surface area contributed by atoms with Gasteiger partial charge in [0.05, 0.1) is 13.2 Å². The molecule has 0 aliphatic heterocycles. The van der Waals surface area contributed by atoms with E-state index in [1.807, 2.05) is 25.4 Å². The predicted molar refractivity (Wildman–Crippen MR) is 75.3 cm³/mol. The van der Waals surface area contributed by atoms with Crippen LogP contribution in [0.2, 0.25) is 0 Å². The lowest BCUT2D eigenvalue weighted by atomic mass is 9.99. The smallest absolute Gasteiger partial charge is 0.121 e. The molecule has 0 saturated carbocycles. The summed E-state index contributed by atoms with van der Waals surface area (Å²) in [6, 6.07) is 6.32. The Morgan fingerprint density at radius 1 is 1.21 bits per heavy atom. The second-order valence-electron chi connectivity index (χ2n) is 4.39. The second-order valence-corrected chi connectivity index (χ2v) is 4.39. The number of benzene rings is 1. The van der Waals surface area contributed by atoms with Crippen molar-refractivity contribution in [1.29, 1.82) is 0 Å². The molecule has 4 heteroatoms. The SMILES string of the molecule is CCNC(c1cncnc1)c1ccc(OC)c(C)c1. The topological polar surface area (TPSA) is 47.0 Å². The molecule has 100 valence electrons. The summed E-state index contributed by atoms with van der Waals surface area (Å²) in [4.78, 5) is 8.19. The Morgan fingerprint density at radius 3 is 2.53 bits per heavy atom. The quantitative estimate of drug-likeness (QED) is 0.894. The fourth-order valence-electron chi connectivity index (χ4n) is 2.17. The molecule has 1 atom stereocenters. The Balaban J connectivity index is 2.37. The minimum atomic E-state index is 0.107. The van der Waals surface area contributed by atoms with Crippen molar-refractivity contribution in [3.8, 4) is 5.75 Å². The predicted octanol–water partition coefficient (Wildman–Crippen LogP) is 2.49. The molecule has 0 saturated heterocycles. The fraction of sp³-hybridized carbons (Fsp3) is 0.333. The third-order valence-electron chi connectivity index (χ3n) is 3.07. The number of hydrogen-bond acceptors (Lipinski definition) is 4. The lowest BCUT2D eigenvalue weighted by Gasteiger charge is -2.19. The van der Waals surface area contributed by atoms with E-state index in [9.17, 15) is 0 Å². The van der Waals surface area contributed by atoms with Gasteiger partial charge in [0.25, 0.3) is 0 Å². The van der Waals surface area contributed by atoms with E-state index in [4.69, 9.17) is 4.74 Å². The van der Waals surface area contributed by atoms with Crippen LogP contribution in [0.25, 0.3) is 0 Å². The zero-order valence-electron chi connectivity index (χ0n) is 11.6. The number of hydrogen-bond donors (Lipinski definition) is 1. The number of ether oxygens (including phenoxy) is 1. The van der Waals surface area contributed by atoms with Crippen molar-refractivity contribution in [2.75, 3.05) is 13.7 Å². The van der Waals surface area contributed by atoms with E-state index in [1.165, 1.54) is 5.56 Å². The van der Waals surface area contributed by atoms with Gasteiger partial charge >= 0.3 is 0 Å². The van der Waals surface area contributed by atoms with Gasteiger partial charge in [-0.25, -0.2) is 9.97 Å². The van der Waals surface area contributed by atoms with Crippen LogP contribution in [0.5, 0.6) is 5.75 Å². The number of aryl methyl sites for hydroxylation is 1. The second kappa shape index (κ2) is 6.29. The molecule has 2 aromatic rings. The van der Waals surface area contributed by atoms with Crippen LogP contribution in [0, 0.1) is 6.92 Å². The van der Waals surface area contributed by atoms with Crippen molar-refractivity contribution < 1.29 is 4.74 Å². The summed E-state index contributed by atoms with van der Waals surface area (Å²) in [5.41, 5.74) is 3.38. The molecule has 19 heavy (non-hydrogen) atoms. The molecule has 1 heterocycles. The van der Waals surface area contributed by atoms with Crippen LogP contribution >= 0.6 is 0 Å². The molecule has 1 N–H and O–H groups in total. The van der Waals surface area contributed by atoms with Gasteiger partial charge in [-0.3, -0.25) is 0 Å².